The van der Waals surface area contributed by atoms with Crippen molar-refractivity contribution in [1.29, 1.82) is 5.26 Å². The predicted octanol–water partition coefficient (Wildman–Crippen LogP) is 1.37. The normalized spacial score (nSPS) is 19.8. The highest BCUT2D eigenvalue weighted by Gasteiger charge is 2.16. The van der Waals surface area contributed by atoms with Gasteiger partial charge in [0.25, 0.3) is 0 Å². The summed E-state index contributed by atoms with van der Waals surface area (Å²) in [6.45, 7) is 2.16. The van der Waals surface area contributed by atoms with Gasteiger partial charge in [-0.2, -0.15) is 5.26 Å². The van der Waals surface area contributed by atoms with Gasteiger partial charge >= 0.3 is 0 Å². The van der Waals surface area contributed by atoms with Crippen molar-refractivity contribution >= 4 is 0 Å². The molecule has 0 amide bonds. The molecule has 0 bridgehead atoms. The van der Waals surface area contributed by atoms with E-state index < -0.39 is 0 Å². The van der Waals surface area contributed by atoms with Crippen molar-refractivity contribution in [2.75, 3.05) is 19.8 Å². The molecule has 15 heavy (non-hydrogen) atoms. The Balaban J connectivity index is 1.95. The predicted molar refractivity (Wildman–Crippen MR) is 53.4 cm³/mol. The van der Waals surface area contributed by atoms with Crippen LogP contribution in [0.1, 0.15) is 12.0 Å². The molecule has 4 nitrogen and oxygen atoms in total. The summed E-state index contributed by atoms with van der Waals surface area (Å²) in [5.74, 6) is 1.00. The van der Waals surface area contributed by atoms with Crippen LogP contribution in [0, 0.1) is 17.2 Å². The molecular weight excluding hydrogens is 192 g/mol. The molecule has 2 rings (SSSR count). The van der Waals surface area contributed by atoms with Gasteiger partial charge in [0.05, 0.1) is 25.0 Å². The fraction of sp³-hybridized carbons (Fsp3) is 0.455. The van der Waals surface area contributed by atoms with Gasteiger partial charge in [-0.1, -0.05) is 0 Å². The summed E-state index contributed by atoms with van der Waals surface area (Å²) in [6.07, 6.45) is 4.20. The minimum Gasteiger partial charge on any atom is -0.490 e. The lowest BCUT2D eigenvalue weighted by atomic mass is 10.1. The minimum absolute atomic E-state index is 0.441. The molecule has 1 aromatic rings. The molecule has 1 aliphatic rings. The van der Waals surface area contributed by atoms with Crippen molar-refractivity contribution in [2.45, 2.75) is 6.42 Å². The van der Waals surface area contributed by atoms with Gasteiger partial charge in [-0.15, -0.1) is 0 Å². The number of ether oxygens (including phenoxy) is 2. The van der Waals surface area contributed by atoms with Crippen LogP contribution in [-0.2, 0) is 4.74 Å². The Hall–Kier alpha value is -1.60. The molecule has 0 aromatic carbocycles. The standard InChI is InChI=1S/C11H12N2O2/c12-5-10-1-3-13-6-11(10)15-8-9-2-4-14-7-9/h1,3,6,9H,2,4,7-8H2. The average molecular weight is 204 g/mol. The van der Waals surface area contributed by atoms with E-state index in [-0.39, 0.29) is 0 Å². The van der Waals surface area contributed by atoms with Crippen molar-refractivity contribution in [2.24, 2.45) is 5.92 Å². The molecule has 78 valence electrons. The summed E-state index contributed by atoms with van der Waals surface area (Å²) in [7, 11) is 0. The fourth-order valence-corrected chi connectivity index (χ4v) is 1.51. The zero-order valence-corrected chi connectivity index (χ0v) is 8.35. The Morgan fingerprint density at radius 2 is 2.60 bits per heavy atom. The van der Waals surface area contributed by atoms with Gasteiger partial charge in [-0.05, 0) is 12.5 Å². The molecular formula is C11H12N2O2. The van der Waals surface area contributed by atoms with Crippen molar-refractivity contribution in [1.82, 2.24) is 4.98 Å². The van der Waals surface area contributed by atoms with Crippen LogP contribution >= 0.6 is 0 Å². The Morgan fingerprint density at radius 1 is 1.67 bits per heavy atom. The average Bonchev–Trinajstić information content (AvgIpc) is 2.79. The summed E-state index contributed by atoms with van der Waals surface area (Å²) >= 11 is 0. The Bertz CT molecular complexity index is 367. The summed E-state index contributed by atoms with van der Waals surface area (Å²) in [6, 6.07) is 3.73. The minimum atomic E-state index is 0.441. The molecule has 0 aliphatic carbocycles. The maximum atomic E-state index is 8.83. The van der Waals surface area contributed by atoms with Gasteiger partial charge < -0.3 is 9.47 Å². The molecule has 1 atom stereocenters. The highest BCUT2D eigenvalue weighted by atomic mass is 16.5. The molecule has 1 fully saturated rings. The lowest BCUT2D eigenvalue weighted by Crippen LogP contribution is -2.12. The van der Waals surface area contributed by atoms with E-state index in [1.54, 1.807) is 18.5 Å². The van der Waals surface area contributed by atoms with E-state index in [1.165, 1.54) is 0 Å². The van der Waals surface area contributed by atoms with Gasteiger partial charge in [-0.3, -0.25) is 4.98 Å². The summed E-state index contributed by atoms with van der Waals surface area (Å²) < 4.78 is 10.8. The zero-order chi connectivity index (χ0) is 10.5. The van der Waals surface area contributed by atoms with Crippen molar-refractivity contribution in [3.8, 4) is 11.8 Å². The molecule has 1 aliphatic heterocycles. The first kappa shape index (κ1) is 9.94. The third kappa shape index (κ3) is 2.45. The Morgan fingerprint density at radius 3 is 3.33 bits per heavy atom. The SMILES string of the molecule is N#Cc1ccncc1OCC1CCOC1. The molecule has 0 spiro atoms. The van der Waals surface area contributed by atoms with Gasteiger partial charge in [0, 0.05) is 18.7 Å². The topological polar surface area (TPSA) is 55.1 Å². The molecule has 0 radical (unpaired) electrons. The maximum absolute atomic E-state index is 8.83. The number of nitrogens with zero attached hydrogens (tertiary/aromatic N) is 2. The van der Waals surface area contributed by atoms with Crippen molar-refractivity contribution < 1.29 is 9.47 Å². The number of rotatable bonds is 3. The first-order valence-corrected chi connectivity index (χ1v) is 4.95. The molecule has 2 heterocycles. The Labute approximate surface area is 88.5 Å². The van der Waals surface area contributed by atoms with Crippen LogP contribution in [0.5, 0.6) is 5.75 Å². The number of nitriles is 1. The van der Waals surface area contributed by atoms with E-state index in [2.05, 4.69) is 11.1 Å². The molecule has 0 saturated carbocycles. The van der Waals surface area contributed by atoms with Gasteiger partial charge in [0.1, 0.15) is 6.07 Å². The van der Waals surface area contributed by atoms with Gasteiger partial charge in [-0.25, -0.2) is 0 Å². The maximum Gasteiger partial charge on any atom is 0.155 e. The van der Waals surface area contributed by atoms with Crippen molar-refractivity contribution in [3.63, 3.8) is 0 Å². The van der Waals surface area contributed by atoms with E-state index >= 15 is 0 Å². The van der Waals surface area contributed by atoms with Crippen molar-refractivity contribution in [3.05, 3.63) is 24.0 Å². The quantitative estimate of drug-likeness (QED) is 0.746. The van der Waals surface area contributed by atoms with Gasteiger partial charge in [0.2, 0.25) is 0 Å². The van der Waals surface area contributed by atoms with Crippen LogP contribution < -0.4 is 4.74 Å². The summed E-state index contributed by atoms with van der Waals surface area (Å²) in [5, 5.41) is 8.83. The van der Waals surface area contributed by atoms with Crippen LogP contribution in [0.15, 0.2) is 18.5 Å². The molecule has 0 N–H and O–H groups in total. The monoisotopic (exact) mass is 204 g/mol. The van der Waals surface area contributed by atoms with E-state index in [0.29, 0.717) is 23.8 Å². The van der Waals surface area contributed by atoms with Crippen LogP contribution in [0.2, 0.25) is 0 Å². The number of aromatic nitrogens is 1. The van der Waals surface area contributed by atoms with Crippen LogP contribution in [-0.4, -0.2) is 24.8 Å². The van der Waals surface area contributed by atoms with E-state index in [4.69, 9.17) is 14.7 Å². The molecule has 4 heteroatoms. The number of pyridine rings is 1. The third-order valence-corrected chi connectivity index (χ3v) is 2.40. The van der Waals surface area contributed by atoms with E-state index in [0.717, 1.165) is 19.6 Å². The Kier molecular flexibility index (Phi) is 3.15. The second-order valence-electron chi connectivity index (χ2n) is 3.52. The molecule has 1 unspecified atom stereocenters. The largest absolute Gasteiger partial charge is 0.490 e. The van der Waals surface area contributed by atoms with Gasteiger partial charge in [0.15, 0.2) is 5.75 Å². The molecule has 1 aromatic heterocycles. The first-order chi connectivity index (χ1) is 7.40. The molecule has 1 saturated heterocycles. The lowest BCUT2D eigenvalue weighted by Gasteiger charge is -2.10. The first-order valence-electron chi connectivity index (χ1n) is 4.95. The second kappa shape index (κ2) is 4.76. The van der Waals surface area contributed by atoms with Crippen LogP contribution in [0.4, 0.5) is 0 Å². The van der Waals surface area contributed by atoms with Crippen LogP contribution in [0.3, 0.4) is 0 Å². The highest BCUT2D eigenvalue weighted by Crippen LogP contribution is 2.18. The summed E-state index contributed by atoms with van der Waals surface area (Å²) in [5.41, 5.74) is 0.531. The highest BCUT2D eigenvalue weighted by molar-refractivity contribution is 5.40. The number of hydrogen-bond donors (Lipinski definition) is 0. The smallest absolute Gasteiger partial charge is 0.155 e. The van der Waals surface area contributed by atoms with Crippen LogP contribution in [0.25, 0.3) is 0 Å². The second-order valence-corrected chi connectivity index (χ2v) is 3.52. The third-order valence-electron chi connectivity index (χ3n) is 2.40. The van der Waals surface area contributed by atoms with E-state index in [9.17, 15) is 0 Å². The van der Waals surface area contributed by atoms with E-state index in [1.807, 2.05) is 0 Å². The summed E-state index contributed by atoms with van der Waals surface area (Å²) in [4.78, 5) is 3.93. The lowest BCUT2D eigenvalue weighted by molar-refractivity contribution is 0.167. The zero-order valence-electron chi connectivity index (χ0n) is 8.35. The number of hydrogen-bond acceptors (Lipinski definition) is 4. The fourth-order valence-electron chi connectivity index (χ4n) is 1.51.